The maximum absolute atomic E-state index is 11.9. The van der Waals surface area contributed by atoms with Crippen LogP contribution in [0.3, 0.4) is 0 Å². The van der Waals surface area contributed by atoms with Gasteiger partial charge in [-0.2, -0.15) is 0 Å². The zero-order valence-electron chi connectivity index (χ0n) is 26.8. The summed E-state index contributed by atoms with van der Waals surface area (Å²) >= 11 is 2.04. The lowest BCUT2D eigenvalue weighted by Gasteiger charge is -2.45. The normalized spacial score (nSPS) is 21.3. The van der Waals surface area contributed by atoms with Crippen LogP contribution in [0.2, 0.25) is 0 Å². The molecule has 1 heterocycles. The third-order valence-electron chi connectivity index (χ3n) is 8.49. The van der Waals surface area contributed by atoms with Crippen molar-refractivity contribution in [2.75, 3.05) is 20.7 Å². The van der Waals surface area contributed by atoms with Crippen molar-refractivity contribution < 1.29 is 19.0 Å². The van der Waals surface area contributed by atoms with Crippen LogP contribution in [0.25, 0.3) is 0 Å². The van der Waals surface area contributed by atoms with Gasteiger partial charge in [-0.25, -0.2) is 0 Å². The van der Waals surface area contributed by atoms with Gasteiger partial charge in [-0.15, -0.1) is 11.8 Å². The van der Waals surface area contributed by atoms with Crippen molar-refractivity contribution in [3.63, 3.8) is 0 Å². The predicted octanol–water partition coefficient (Wildman–Crippen LogP) is 8.12. The molecule has 0 radical (unpaired) electrons. The Kier molecular flexibility index (Phi) is 11.8. The fourth-order valence-corrected chi connectivity index (χ4v) is 7.53. The number of hydrogen-bond acceptors (Lipinski definition) is 5. The number of likely N-dealkylation sites (N-methyl/N-ethyl adjacent to an activating group) is 1. The summed E-state index contributed by atoms with van der Waals surface area (Å²) in [7, 11) is 3.46. The van der Waals surface area contributed by atoms with Crippen molar-refractivity contribution >= 4 is 17.7 Å². The molecule has 0 aliphatic carbocycles. The Bertz CT molecular complexity index is 1480. The highest BCUT2D eigenvalue weighted by Crippen LogP contribution is 2.49. The fraction of sp³-hybridized carbons (Fsp3) is 0.359. The first-order valence-electron chi connectivity index (χ1n) is 15.9. The van der Waals surface area contributed by atoms with Crippen LogP contribution < -0.4 is 4.74 Å². The Morgan fingerprint density at radius 2 is 1.33 bits per heavy atom. The smallest absolute Gasteiger partial charge is 0.259 e. The molecule has 5 atom stereocenters. The highest BCUT2D eigenvalue weighted by molar-refractivity contribution is 8.00. The van der Waals surface area contributed by atoms with Gasteiger partial charge in [-0.1, -0.05) is 111 Å². The van der Waals surface area contributed by atoms with Crippen molar-refractivity contribution in [2.24, 2.45) is 5.92 Å². The average Bonchev–Trinajstić information content (AvgIpc) is 3.07. The molecule has 5 rings (SSSR count). The molecular formula is C39H45NO4S. The minimum Gasteiger partial charge on any atom is -0.484 e. The van der Waals surface area contributed by atoms with Gasteiger partial charge in [0.1, 0.15) is 11.9 Å². The Morgan fingerprint density at radius 1 is 0.733 bits per heavy atom. The van der Waals surface area contributed by atoms with Gasteiger partial charge in [0, 0.05) is 19.3 Å². The lowest BCUT2D eigenvalue weighted by molar-refractivity contribution is -0.130. The molecule has 1 aliphatic rings. The third kappa shape index (κ3) is 9.00. The molecule has 1 fully saturated rings. The van der Waals surface area contributed by atoms with E-state index in [2.05, 4.69) is 98.8 Å². The monoisotopic (exact) mass is 623 g/mol. The first kappa shape index (κ1) is 32.8. The number of ether oxygens (including phenoxy) is 3. The van der Waals surface area contributed by atoms with Gasteiger partial charge in [0.25, 0.3) is 5.91 Å². The van der Waals surface area contributed by atoms with E-state index < -0.39 is 0 Å². The molecule has 6 heteroatoms. The van der Waals surface area contributed by atoms with Crippen molar-refractivity contribution in [1.29, 1.82) is 0 Å². The van der Waals surface area contributed by atoms with E-state index in [-0.39, 0.29) is 30.0 Å². The minimum atomic E-state index is -0.103. The van der Waals surface area contributed by atoms with Crippen molar-refractivity contribution in [1.82, 2.24) is 4.90 Å². The predicted molar refractivity (Wildman–Crippen MR) is 183 cm³/mol. The van der Waals surface area contributed by atoms with Gasteiger partial charge < -0.3 is 19.1 Å². The number of hydrogen-bond donors (Lipinski definition) is 0. The molecule has 0 N–H and O–H groups in total. The number of benzene rings is 4. The number of thioether (sulfide) groups is 1. The van der Waals surface area contributed by atoms with Crippen LogP contribution >= 0.6 is 11.8 Å². The van der Waals surface area contributed by atoms with Crippen molar-refractivity contribution in [3.8, 4) is 5.75 Å². The maximum Gasteiger partial charge on any atom is 0.259 e. The summed E-state index contributed by atoms with van der Waals surface area (Å²) in [4.78, 5) is 13.4. The molecule has 5 nitrogen and oxygen atoms in total. The van der Waals surface area contributed by atoms with E-state index in [1.165, 1.54) is 32.7 Å². The van der Waals surface area contributed by atoms with Gasteiger partial charge in [0.2, 0.25) is 0 Å². The lowest BCUT2D eigenvalue weighted by Crippen LogP contribution is -2.48. The summed E-state index contributed by atoms with van der Waals surface area (Å²) < 4.78 is 19.3. The number of carbonyl (C=O) groups is 1. The molecule has 0 unspecified atom stereocenters. The highest BCUT2D eigenvalue weighted by Gasteiger charge is 2.45. The number of carbonyl (C=O) groups excluding carboxylic acids is 1. The van der Waals surface area contributed by atoms with Crippen molar-refractivity contribution in [3.05, 3.63) is 137 Å². The summed E-state index contributed by atoms with van der Waals surface area (Å²) in [5.74, 6) is 0.980. The quantitative estimate of drug-likeness (QED) is 0.151. The SMILES string of the molecule is CC[C@H]1S[C@@H](c2cccc(Cc3ccc(OCC(=O)N(C)C)cc3)c2)[C@H](OCc2ccccc2)[C@@H](OCc2ccccc2)[C@@H]1C. The van der Waals surface area contributed by atoms with Gasteiger partial charge in [-0.3, -0.25) is 4.79 Å². The molecule has 0 bridgehead atoms. The number of rotatable bonds is 13. The minimum absolute atomic E-state index is 0.0361. The van der Waals surface area contributed by atoms with E-state index in [1.54, 1.807) is 14.1 Å². The zero-order valence-corrected chi connectivity index (χ0v) is 27.6. The highest BCUT2D eigenvalue weighted by atomic mass is 32.2. The molecule has 0 saturated carbocycles. The molecule has 45 heavy (non-hydrogen) atoms. The molecule has 0 spiro atoms. The zero-order chi connectivity index (χ0) is 31.6. The molecular weight excluding hydrogens is 578 g/mol. The Hall–Kier alpha value is -3.58. The topological polar surface area (TPSA) is 48.0 Å². The number of amides is 1. The largest absolute Gasteiger partial charge is 0.484 e. The van der Waals surface area contributed by atoms with Crippen LogP contribution in [0.1, 0.15) is 53.3 Å². The van der Waals surface area contributed by atoms with Gasteiger partial charge >= 0.3 is 0 Å². The molecule has 1 saturated heterocycles. The van der Waals surface area contributed by atoms with Crippen LogP contribution in [-0.2, 0) is 33.9 Å². The summed E-state index contributed by atoms with van der Waals surface area (Å²) in [6, 6.07) is 37.8. The summed E-state index contributed by atoms with van der Waals surface area (Å²) in [6.45, 7) is 5.76. The first-order chi connectivity index (χ1) is 21.9. The summed E-state index contributed by atoms with van der Waals surface area (Å²) in [5.41, 5.74) is 6.06. The van der Waals surface area contributed by atoms with Crippen LogP contribution in [0, 0.1) is 5.92 Å². The second-order valence-electron chi connectivity index (χ2n) is 12.0. The van der Waals surface area contributed by atoms with Crippen LogP contribution in [0.4, 0.5) is 0 Å². The number of nitrogens with zero attached hydrogens (tertiary/aromatic N) is 1. The molecule has 1 amide bonds. The molecule has 4 aromatic carbocycles. The van der Waals surface area contributed by atoms with E-state index in [0.29, 0.717) is 30.1 Å². The fourth-order valence-electron chi connectivity index (χ4n) is 5.86. The van der Waals surface area contributed by atoms with Gasteiger partial charge in [0.05, 0.1) is 24.6 Å². The van der Waals surface area contributed by atoms with E-state index in [0.717, 1.165) is 12.8 Å². The van der Waals surface area contributed by atoms with Gasteiger partial charge in [0.15, 0.2) is 6.61 Å². The average molecular weight is 624 g/mol. The van der Waals surface area contributed by atoms with E-state index >= 15 is 0 Å². The van der Waals surface area contributed by atoms with E-state index in [1.807, 2.05) is 36.0 Å². The first-order valence-corrected chi connectivity index (χ1v) is 16.8. The summed E-state index contributed by atoms with van der Waals surface area (Å²) in [5, 5.41) is 0.600. The maximum atomic E-state index is 11.9. The van der Waals surface area contributed by atoms with Crippen molar-refractivity contribution in [2.45, 2.75) is 62.6 Å². The van der Waals surface area contributed by atoms with Crippen LogP contribution in [-0.4, -0.2) is 49.0 Å². The molecule has 4 aromatic rings. The van der Waals surface area contributed by atoms with Crippen LogP contribution in [0.15, 0.2) is 109 Å². The van der Waals surface area contributed by atoms with E-state index in [9.17, 15) is 4.79 Å². The second kappa shape index (κ2) is 16.1. The molecule has 236 valence electrons. The molecule has 0 aromatic heterocycles. The molecule has 1 aliphatic heterocycles. The summed E-state index contributed by atoms with van der Waals surface area (Å²) in [6.07, 6.45) is 1.74. The third-order valence-corrected chi connectivity index (χ3v) is 10.4. The second-order valence-corrected chi connectivity index (χ2v) is 13.4. The Labute approximate surface area is 272 Å². The Morgan fingerprint density at radius 3 is 1.93 bits per heavy atom. The Balaban J connectivity index is 1.36. The van der Waals surface area contributed by atoms with Crippen LogP contribution in [0.5, 0.6) is 5.75 Å². The lowest BCUT2D eigenvalue weighted by atomic mass is 9.89. The van der Waals surface area contributed by atoms with Gasteiger partial charge in [-0.05, 0) is 58.7 Å². The standard InChI is InChI=1S/C39H45NO4S/c1-5-35-28(2)37(43-25-30-13-8-6-9-14-30)38(44-26-31-15-10-7-11-16-31)39(45-35)33-18-12-17-32(24-33)23-29-19-21-34(22-20-29)42-27-36(41)40(3)4/h6-22,24,28,35,37-39H,5,23,25-27H2,1-4H3/t28-,35-,37+,38-,39+/m1/s1. The van der Waals surface area contributed by atoms with E-state index in [4.69, 9.17) is 14.2 Å².